The van der Waals surface area contributed by atoms with E-state index < -0.39 is 15.4 Å². The number of benzene rings is 1. The number of sulfone groups is 1. The molecule has 0 bridgehead atoms. The number of thioether (sulfide) groups is 1. The van der Waals surface area contributed by atoms with Gasteiger partial charge in [-0.05, 0) is 32.3 Å². The molecule has 1 amide bonds. The SMILES string of the molecule is CC1(NC(=O)CSc2nc(C3CC3)nc3ccccc23)CCS(=O)(=O)C1. The van der Waals surface area contributed by atoms with Gasteiger partial charge in [0.15, 0.2) is 9.84 Å². The highest BCUT2D eigenvalue weighted by molar-refractivity contribution is 8.00. The molecule has 2 fully saturated rings. The third kappa shape index (κ3) is 3.86. The Morgan fingerprint density at radius 2 is 2.08 bits per heavy atom. The molecule has 2 aliphatic rings. The minimum Gasteiger partial charge on any atom is -0.349 e. The monoisotopic (exact) mass is 391 g/mol. The fourth-order valence-corrected chi connectivity index (χ4v) is 6.23. The summed E-state index contributed by atoms with van der Waals surface area (Å²) in [6.45, 7) is 1.80. The molecule has 8 heteroatoms. The van der Waals surface area contributed by atoms with Crippen molar-refractivity contribution in [1.29, 1.82) is 0 Å². The lowest BCUT2D eigenvalue weighted by Crippen LogP contribution is -2.47. The van der Waals surface area contributed by atoms with E-state index in [-0.39, 0.29) is 23.2 Å². The predicted octanol–water partition coefficient (Wildman–Crippen LogP) is 2.29. The molecule has 1 aromatic heterocycles. The van der Waals surface area contributed by atoms with Crippen LogP contribution in [-0.2, 0) is 14.6 Å². The second-order valence-corrected chi connectivity index (χ2v) is 10.6. The maximum absolute atomic E-state index is 12.4. The van der Waals surface area contributed by atoms with Gasteiger partial charge in [-0.25, -0.2) is 18.4 Å². The normalized spacial score (nSPS) is 24.7. The summed E-state index contributed by atoms with van der Waals surface area (Å²) in [5.41, 5.74) is 0.241. The highest BCUT2D eigenvalue weighted by atomic mass is 32.2. The molecule has 1 atom stereocenters. The number of aromatic nitrogens is 2. The lowest BCUT2D eigenvalue weighted by atomic mass is 10.0. The first kappa shape index (κ1) is 17.7. The standard InChI is InChI=1S/C18H21N3O3S2/c1-18(8-9-26(23,24)11-18)21-15(22)10-25-17-13-4-2-3-5-14(13)19-16(20-17)12-6-7-12/h2-5,12H,6-11H2,1H3,(H,21,22). The Morgan fingerprint density at radius 1 is 1.31 bits per heavy atom. The number of carbonyl (C=O) groups is 1. The van der Waals surface area contributed by atoms with Crippen molar-refractivity contribution in [3.63, 3.8) is 0 Å². The van der Waals surface area contributed by atoms with E-state index in [1.165, 1.54) is 11.8 Å². The molecule has 4 rings (SSSR count). The van der Waals surface area contributed by atoms with Gasteiger partial charge in [-0.3, -0.25) is 4.79 Å². The molecule has 0 spiro atoms. The molecule has 1 saturated heterocycles. The maximum atomic E-state index is 12.4. The molecule has 1 aliphatic carbocycles. The Hall–Kier alpha value is -1.67. The molecule has 2 aromatic rings. The number of carbonyl (C=O) groups excluding carboxylic acids is 1. The Kier molecular flexibility index (Phi) is 4.43. The summed E-state index contributed by atoms with van der Waals surface area (Å²) < 4.78 is 23.4. The van der Waals surface area contributed by atoms with Crippen LogP contribution in [0, 0.1) is 0 Å². The third-order valence-corrected chi connectivity index (χ3v) is 7.71. The molecule has 26 heavy (non-hydrogen) atoms. The van der Waals surface area contributed by atoms with E-state index in [0.29, 0.717) is 12.3 Å². The number of nitrogens with zero attached hydrogens (tertiary/aromatic N) is 2. The molecular weight excluding hydrogens is 370 g/mol. The number of para-hydroxylation sites is 1. The Balaban J connectivity index is 1.48. The van der Waals surface area contributed by atoms with E-state index in [1.807, 2.05) is 24.3 Å². The maximum Gasteiger partial charge on any atom is 0.230 e. The van der Waals surface area contributed by atoms with E-state index in [9.17, 15) is 13.2 Å². The predicted molar refractivity (Wildman–Crippen MR) is 102 cm³/mol. The van der Waals surface area contributed by atoms with Gasteiger partial charge < -0.3 is 5.32 Å². The topological polar surface area (TPSA) is 89.0 Å². The molecule has 138 valence electrons. The molecular formula is C18H21N3O3S2. The second kappa shape index (κ2) is 6.49. The Labute approximate surface area is 157 Å². The zero-order valence-electron chi connectivity index (χ0n) is 14.6. The van der Waals surface area contributed by atoms with Gasteiger partial charge in [0.05, 0.1) is 28.3 Å². The molecule has 1 N–H and O–H groups in total. The van der Waals surface area contributed by atoms with Gasteiger partial charge in [0, 0.05) is 11.3 Å². The quantitative estimate of drug-likeness (QED) is 0.621. The molecule has 2 heterocycles. The van der Waals surface area contributed by atoms with Crippen LogP contribution in [0.2, 0.25) is 0 Å². The van der Waals surface area contributed by atoms with Crippen molar-refractivity contribution in [1.82, 2.24) is 15.3 Å². The van der Waals surface area contributed by atoms with E-state index >= 15 is 0 Å². The molecule has 1 aliphatic heterocycles. The molecule has 0 radical (unpaired) electrons. The number of rotatable bonds is 5. The van der Waals surface area contributed by atoms with Gasteiger partial charge in [-0.15, -0.1) is 0 Å². The van der Waals surface area contributed by atoms with E-state index in [2.05, 4.69) is 15.3 Å². The van der Waals surface area contributed by atoms with Crippen molar-refractivity contribution in [2.45, 2.75) is 42.7 Å². The van der Waals surface area contributed by atoms with Gasteiger partial charge in [0.1, 0.15) is 10.9 Å². The van der Waals surface area contributed by atoms with Crippen LogP contribution in [-0.4, -0.2) is 47.1 Å². The summed E-state index contributed by atoms with van der Waals surface area (Å²) in [6.07, 6.45) is 2.71. The number of hydrogen-bond acceptors (Lipinski definition) is 6. The minimum absolute atomic E-state index is 0.0126. The van der Waals surface area contributed by atoms with Crippen molar-refractivity contribution in [3.8, 4) is 0 Å². The molecule has 1 aromatic carbocycles. The van der Waals surface area contributed by atoms with Gasteiger partial charge in [0.25, 0.3) is 0 Å². The van der Waals surface area contributed by atoms with Crippen LogP contribution in [0.5, 0.6) is 0 Å². The zero-order chi connectivity index (χ0) is 18.4. The van der Waals surface area contributed by atoms with Crippen LogP contribution < -0.4 is 5.32 Å². The van der Waals surface area contributed by atoms with Gasteiger partial charge >= 0.3 is 0 Å². The lowest BCUT2D eigenvalue weighted by molar-refractivity contribution is -0.120. The third-order valence-electron chi connectivity index (χ3n) is 4.81. The van der Waals surface area contributed by atoms with Crippen molar-refractivity contribution in [3.05, 3.63) is 30.1 Å². The average molecular weight is 392 g/mol. The van der Waals surface area contributed by atoms with E-state index in [0.717, 1.165) is 34.6 Å². The Bertz CT molecular complexity index is 973. The Morgan fingerprint density at radius 3 is 2.77 bits per heavy atom. The van der Waals surface area contributed by atoms with Crippen molar-refractivity contribution >= 4 is 38.4 Å². The second-order valence-electron chi connectivity index (χ2n) is 7.42. The van der Waals surface area contributed by atoms with Crippen molar-refractivity contribution < 1.29 is 13.2 Å². The summed E-state index contributed by atoms with van der Waals surface area (Å²) in [7, 11) is -3.05. The molecule has 6 nitrogen and oxygen atoms in total. The van der Waals surface area contributed by atoms with Crippen LogP contribution in [0.4, 0.5) is 0 Å². The average Bonchev–Trinajstić information content (AvgIpc) is 3.38. The first-order chi connectivity index (χ1) is 12.3. The summed E-state index contributed by atoms with van der Waals surface area (Å²) in [4.78, 5) is 21.7. The van der Waals surface area contributed by atoms with Gasteiger partial charge in [-0.1, -0.05) is 30.0 Å². The molecule has 1 saturated carbocycles. The van der Waals surface area contributed by atoms with Crippen molar-refractivity contribution in [2.75, 3.05) is 17.3 Å². The largest absolute Gasteiger partial charge is 0.349 e. The number of fused-ring (bicyclic) bond motifs is 1. The summed E-state index contributed by atoms with van der Waals surface area (Å²) in [5.74, 6) is 1.50. The minimum atomic E-state index is -3.05. The van der Waals surface area contributed by atoms with Gasteiger partial charge in [0.2, 0.25) is 5.91 Å². The van der Waals surface area contributed by atoms with Crippen LogP contribution in [0.15, 0.2) is 29.3 Å². The molecule has 1 unspecified atom stereocenters. The lowest BCUT2D eigenvalue weighted by Gasteiger charge is -2.23. The van der Waals surface area contributed by atoms with Crippen LogP contribution in [0.25, 0.3) is 10.9 Å². The fraction of sp³-hybridized carbons (Fsp3) is 0.500. The van der Waals surface area contributed by atoms with Crippen LogP contribution in [0.1, 0.15) is 37.9 Å². The van der Waals surface area contributed by atoms with Crippen LogP contribution in [0.3, 0.4) is 0 Å². The first-order valence-corrected chi connectivity index (χ1v) is 11.6. The number of hydrogen-bond donors (Lipinski definition) is 1. The van der Waals surface area contributed by atoms with Gasteiger partial charge in [-0.2, -0.15) is 0 Å². The highest BCUT2D eigenvalue weighted by Gasteiger charge is 2.39. The zero-order valence-corrected chi connectivity index (χ0v) is 16.2. The highest BCUT2D eigenvalue weighted by Crippen LogP contribution is 2.39. The smallest absolute Gasteiger partial charge is 0.230 e. The number of nitrogens with one attached hydrogen (secondary N) is 1. The summed E-state index contributed by atoms with van der Waals surface area (Å²) >= 11 is 1.39. The number of amides is 1. The summed E-state index contributed by atoms with van der Waals surface area (Å²) in [5, 5.41) is 4.66. The van der Waals surface area contributed by atoms with Crippen molar-refractivity contribution in [2.24, 2.45) is 0 Å². The fourth-order valence-electron chi connectivity index (χ4n) is 3.31. The summed E-state index contributed by atoms with van der Waals surface area (Å²) in [6, 6.07) is 7.83. The first-order valence-electron chi connectivity index (χ1n) is 8.75. The van der Waals surface area contributed by atoms with E-state index in [4.69, 9.17) is 0 Å². The van der Waals surface area contributed by atoms with E-state index in [1.54, 1.807) is 6.92 Å². The van der Waals surface area contributed by atoms with Crippen LogP contribution >= 0.6 is 11.8 Å².